The summed E-state index contributed by atoms with van der Waals surface area (Å²) < 4.78 is 0. The maximum absolute atomic E-state index is 4.63. The second kappa shape index (κ2) is 4.66. The normalized spacial score (nSPS) is 10.5. The molecule has 4 heteroatoms. The van der Waals surface area contributed by atoms with Gasteiger partial charge in [0.05, 0.1) is 10.6 Å². The Bertz CT molecular complexity index is 647. The Balaban J connectivity index is 2.07. The number of rotatable bonds is 2. The molecule has 3 heterocycles. The highest BCUT2D eigenvalue weighted by Crippen LogP contribution is 2.34. The fourth-order valence-electron chi connectivity index (χ4n) is 1.79. The van der Waals surface area contributed by atoms with Gasteiger partial charge >= 0.3 is 0 Å². The molecule has 0 aliphatic heterocycles. The molecule has 0 bridgehead atoms. The van der Waals surface area contributed by atoms with E-state index < -0.39 is 0 Å². The van der Waals surface area contributed by atoms with Crippen LogP contribution < -0.4 is 0 Å². The highest BCUT2D eigenvalue weighted by Gasteiger charge is 2.10. The monoisotopic (exact) mass is 253 g/mol. The molecule has 0 atom stereocenters. The van der Waals surface area contributed by atoms with E-state index in [-0.39, 0.29) is 0 Å². The second-order valence-electron chi connectivity index (χ2n) is 3.91. The summed E-state index contributed by atoms with van der Waals surface area (Å²) in [7, 11) is 0. The predicted octanol–water partition coefficient (Wildman–Crippen LogP) is 3.58. The Morgan fingerprint density at radius 3 is 2.00 bits per heavy atom. The number of hydrogen-bond acceptors (Lipinski definition) is 4. The molecule has 0 fully saturated rings. The van der Waals surface area contributed by atoms with Crippen LogP contribution in [0.5, 0.6) is 0 Å². The number of aromatic nitrogens is 3. The van der Waals surface area contributed by atoms with Gasteiger partial charge in [-0.2, -0.15) is 0 Å². The summed E-state index contributed by atoms with van der Waals surface area (Å²) in [5.41, 5.74) is 3.33. The highest BCUT2D eigenvalue weighted by molar-refractivity contribution is 7.18. The standard InChI is InChI=1S/C14H11N3S/c1-10-13(11-2-6-15-7-3-11)18-14(17-10)12-4-8-16-9-5-12/h2-9H,1H3. The van der Waals surface area contributed by atoms with Crippen molar-refractivity contribution in [1.29, 1.82) is 0 Å². The van der Waals surface area contributed by atoms with Gasteiger partial charge in [-0.05, 0) is 36.8 Å². The lowest BCUT2D eigenvalue weighted by Crippen LogP contribution is -1.79. The van der Waals surface area contributed by atoms with Crippen molar-refractivity contribution in [2.75, 3.05) is 0 Å². The molecule has 0 aromatic carbocycles. The molecule has 18 heavy (non-hydrogen) atoms. The molecule has 3 nitrogen and oxygen atoms in total. The lowest BCUT2D eigenvalue weighted by atomic mass is 10.2. The van der Waals surface area contributed by atoms with Gasteiger partial charge in [0.1, 0.15) is 5.01 Å². The van der Waals surface area contributed by atoms with Gasteiger partial charge in [0.2, 0.25) is 0 Å². The molecule has 0 radical (unpaired) electrons. The molecular weight excluding hydrogens is 242 g/mol. The molecule has 88 valence electrons. The zero-order valence-corrected chi connectivity index (χ0v) is 10.7. The van der Waals surface area contributed by atoms with Crippen molar-refractivity contribution in [1.82, 2.24) is 15.0 Å². The summed E-state index contributed by atoms with van der Waals surface area (Å²) in [6.45, 7) is 2.04. The van der Waals surface area contributed by atoms with Gasteiger partial charge in [-0.1, -0.05) is 0 Å². The van der Waals surface area contributed by atoms with Crippen LogP contribution in [0, 0.1) is 6.92 Å². The Morgan fingerprint density at radius 1 is 0.833 bits per heavy atom. The molecule has 0 saturated heterocycles. The van der Waals surface area contributed by atoms with E-state index in [2.05, 4.69) is 15.0 Å². The van der Waals surface area contributed by atoms with Crippen molar-refractivity contribution in [2.45, 2.75) is 6.92 Å². The van der Waals surface area contributed by atoms with Crippen LogP contribution in [0.2, 0.25) is 0 Å². The minimum Gasteiger partial charge on any atom is -0.265 e. The van der Waals surface area contributed by atoms with E-state index in [1.807, 2.05) is 31.2 Å². The van der Waals surface area contributed by atoms with E-state index in [1.54, 1.807) is 36.1 Å². The van der Waals surface area contributed by atoms with E-state index in [4.69, 9.17) is 0 Å². The fraction of sp³-hybridized carbons (Fsp3) is 0.0714. The third kappa shape index (κ3) is 2.02. The first-order valence-electron chi connectivity index (χ1n) is 5.63. The Kier molecular flexibility index (Phi) is 2.86. The van der Waals surface area contributed by atoms with Crippen LogP contribution in [-0.4, -0.2) is 15.0 Å². The molecule has 3 rings (SSSR count). The van der Waals surface area contributed by atoms with Crippen molar-refractivity contribution in [2.24, 2.45) is 0 Å². The molecule has 0 saturated carbocycles. The summed E-state index contributed by atoms with van der Waals surface area (Å²) >= 11 is 1.70. The lowest BCUT2D eigenvalue weighted by Gasteiger charge is -1.96. The van der Waals surface area contributed by atoms with Gasteiger partial charge in [-0.15, -0.1) is 11.3 Å². The molecule has 0 spiro atoms. The van der Waals surface area contributed by atoms with E-state index in [0.29, 0.717) is 0 Å². The molecular formula is C14H11N3S. The van der Waals surface area contributed by atoms with Crippen LogP contribution in [0.1, 0.15) is 5.69 Å². The largest absolute Gasteiger partial charge is 0.265 e. The number of pyridine rings is 2. The van der Waals surface area contributed by atoms with Gasteiger partial charge < -0.3 is 0 Å². The Labute approximate surface area is 109 Å². The molecule has 0 unspecified atom stereocenters. The van der Waals surface area contributed by atoms with Crippen molar-refractivity contribution in [3.05, 3.63) is 54.7 Å². The van der Waals surface area contributed by atoms with Crippen molar-refractivity contribution in [3.63, 3.8) is 0 Å². The zero-order valence-electron chi connectivity index (χ0n) is 9.87. The van der Waals surface area contributed by atoms with E-state index in [1.165, 1.54) is 10.4 Å². The van der Waals surface area contributed by atoms with Crippen molar-refractivity contribution >= 4 is 11.3 Å². The number of thiazole rings is 1. The zero-order chi connectivity index (χ0) is 12.4. The third-order valence-corrected chi connectivity index (χ3v) is 3.92. The number of aryl methyl sites for hydroxylation is 1. The summed E-state index contributed by atoms with van der Waals surface area (Å²) in [5.74, 6) is 0. The molecule has 0 aliphatic rings. The van der Waals surface area contributed by atoms with Gasteiger partial charge in [0, 0.05) is 30.4 Å². The SMILES string of the molecule is Cc1nc(-c2ccncc2)sc1-c1ccncc1. The van der Waals surface area contributed by atoms with E-state index >= 15 is 0 Å². The summed E-state index contributed by atoms with van der Waals surface area (Å²) in [6, 6.07) is 7.98. The van der Waals surface area contributed by atoms with E-state index in [9.17, 15) is 0 Å². The summed E-state index contributed by atoms with van der Waals surface area (Å²) in [5, 5.41) is 1.03. The first-order valence-corrected chi connectivity index (χ1v) is 6.44. The maximum atomic E-state index is 4.63. The Morgan fingerprint density at radius 2 is 1.39 bits per heavy atom. The molecule has 0 aliphatic carbocycles. The maximum Gasteiger partial charge on any atom is 0.124 e. The van der Waals surface area contributed by atoms with Crippen LogP contribution in [-0.2, 0) is 0 Å². The average Bonchev–Trinajstić information content (AvgIpc) is 2.83. The number of nitrogens with zero attached hydrogens (tertiary/aromatic N) is 3. The smallest absolute Gasteiger partial charge is 0.124 e. The lowest BCUT2D eigenvalue weighted by molar-refractivity contribution is 1.25. The van der Waals surface area contributed by atoms with Crippen LogP contribution in [0.3, 0.4) is 0 Å². The van der Waals surface area contributed by atoms with Crippen molar-refractivity contribution < 1.29 is 0 Å². The summed E-state index contributed by atoms with van der Waals surface area (Å²) in [4.78, 5) is 13.9. The minimum absolute atomic E-state index is 1.03. The highest BCUT2D eigenvalue weighted by atomic mass is 32.1. The van der Waals surface area contributed by atoms with Gasteiger partial charge in [-0.25, -0.2) is 4.98 Å². The van der Waals surface area contributed by atoms with Gasteiger partial charge in [0.25, 0.3) is 0 Å². The Hall–Kier alpha value is -2.07. The van der Waals surface area contributed by atoms with Crippen molar-refractivity contribution in [3.8, 4) is 21.0 Å². The van der Waals surface area contributed by atoms with Crippen LogP contribution in [0.4, 0.5) is 0 Å². The van der Waals surface area contributed by atoms with Gasteiger partial charge in [-0.3, -0.25) is 9.97 Å². The second-order valence-corrected chi connectivity index (χ2v) is 4.90. The fourth-order valence-corrected chi connectivity index (χ4v) is 2.86. The average molecular weight is 253 g/mol. The van der Waals surface area contributed by atoms with Crippen LogP contribution in [0.15, 0.2) is 49.1 Å². The van der Waals surface area contributed by atoms with Crippen LogP contribution in [0.25, 0.3) is 21.0 Å². The minimum atomic E-state index is 1.03. The molecule has 0 amide bonds. The molecule has 0 N–H and O–H groups in total. The van der Waals surface area contributed by atoms with Gasteiger partial charge in [0.15, 0.2) is 0 Å². The van der Waals surface area contributed by atoms with Crippen LogP contribution >= 0.6 is 11.3 Å². The third-order valence-electron chi connectivity index (χ3n) is 2.67. The van der Waals surface area contributed by atoms with E-state index in [0.717, 1.165) is 16.3 Å². The number of hydrogen-bond donors (Lipinski definition) is 0. The first kappa shape index (κ1) is 11.0. The molecule has 3 aromatic rings. The predicted molar refractivity (Wildman–Crippen MR) is 73.3 cm³/mol. The molecule has 3 aromatic heterocycles. The first-order chi connectivity index (χ1) is 8.84. The quantitative estimate of drug-likeness (QED) is 0.700. The summed E-state index contributed by atoms with van der Waals surface area (Å²) in [6.07, 6.45) is 7.19. The topological polar surface area (TPSA) is 38.7 Å².